The lowest BCUT2D eigenvalue weighted by Crippen LogP contribution is -2.41. The molecule has 0 aromatic rings. The van der Waals surface area contributed by atoms with E-state index >= 15 is 0 Å². The summed E-state index contributed by atoms with van der Waals surface area (Å²) in [4.78, 5) is 11.1. The smallest absolute Gasteiger partial charge is 0.303 e. The molecule has 0 aliphatic heterocycles. The summed E-state index contributed by atoms with van der Waals surface area (Å²) in [7, 11) is 0. The van der Waals surface area contributed by atoms with Gasteiger partial charge in [0.25, 0.3) is 0 Å². The molecule has 1 N–H and O–H groups in total. The van der Waals surface area contributed by atoms with Crippen molar-refractivity contribution in [1.82, 2.24) is 0 Å². The molecular formula is C20H30O2. The third-order valence-corrected chi connectivity index (χ3v) is 5.31. The summed E-state index contributed by atoms with van der Waals surface area (Å²) in [5, 5.41) is 9.12. The van der Waals surface area contributed by atoms with Gasteiger partial charge in [0, 0.05) is 6.42 Å². The van der Waals surface area contributed by atoms with E-state index in [0.717, 1.165) is 30.4 Å². The first kappa shape index (κ1) is 18.5. The largest absolute Gasteiger partial charge is 0.481 e. The summed E-state index contributed by atoms with van der Waals surface area (Å²) in [5.74, 6) is -0.0635. The second-order valence-corrected chi connectivity index (χ2v) is 6.94. The van der Waals surface area contributed by atoms with E-state index in [4.69, 9.17) is 5.11 Å². The molecule has 1 rings (SSSR count). The van der Waals surface area contributed by atoms with Crippen molar-refractivity contribution in [3.8, 4) is 0 Å². The molecule has 1 saturated carbocycles. The minimum Gasteiger partial charge on any atom is -0.481 e. The molecule has 22 heavy (non-hydrogen) atoms. The summed E-state index contributed by atoms with van der Waals surface area (Å²) in [5.41, 5.74) is 3.48. The number of hydrogen-bond donors (Lipinski definition) is 1. The van der Waals surface area contributed by atoms with Crippen LogP contribution in [0.25, 0.3) is 0 Å². The third kappa shape index (κ3) is 4.22. The van der Waals surface area contributed by atoms with Crippen LogP contribution in [-0.2, 0) is 4.79 Å². The van der Waals surface area contributed by atoms with Gasteiger partial charge in [-0.1, -0.05) is 55.5 Å². The summed E-state index contributed by atoms with van der Waals surface area (Å²) in [6.45, 7) is 18.6. The van der Waals surface area contributed by atoms with Gasteiger partial charge < -0.3 is 5.11 Å². The maximum absolute atomic E-state index is 11.1. The number of hydrogen-bond acceptors (Lipinski definition) is 1. The normalized spacial score (nSPS) is 29.2. The van der Waals surface area contributed by atoms with Crippen LogP contribution < -0.4 is 0 Å². The van der Waals surface area contributed by atoms with Gasteiger partial charge in [-0.15, -0.1) is 0 Å². The predicted octanol–water partition coefficient (Wildman–Crippen LogP) is 5.54. The van der Waals surface area contributed by atoms with Crippen LogP contribution in [-0.4, -0.2) is 11.1 Å². The maximum Gasteiger partial charge on any atom is 0.303 e. The predicted molar refractivity (Wildman–Crippen MR) is 93.7 cm³/mol. The molecule has 2 heteroatoms. The fourth-order valence-electron chi connectivity index (χ4n) is 3.90. The monoisotopic (exact) mass is 302 g/mol. The highest BCUT2D eigenvalue weighted by Crippen LogP contribution is 2.54. The Labute approximate surface area is 135 Å². The van der Waals surface area contributed by atoms with E-state index in [0.29, 0.717) is 18.3 Å². The molecule has 122 valence electrons. The van der Waals surface area contributed by atoms with Crippen molar-refractivity contribution in [3.63, 3.8) is 0 Å². The summed E-state index contributed by atoms with van der Waals surface area (Å²) in [6, 6.07) is 0. The maximum atomic E-state index is 11.1. The number of aliphatic carboxylic acids is 1. The Morgan fingerprint density at radius 3 is 2.59 bits per heavy atom. The van der Waals surface area contributed by atoms with E-state index < -0.39 is 5.97 Å². The van der Waals surface area contributed by atoms with Crippen LogP contribution in [0.5, 0.6) is 0 Å². The van der Waals surface area contributed by atoms with Crippen LogP contribution in [0.3, 0.4) is 0 Å². The Morgan fingerprint density at radius 2 is 2.09 bits per heavy atom. The molecule has 1 fully saturated rings. The van der Waals surface area contributed by atoms with E-state index in [1.165, 1.54) is 5.57 Å². The quantitative estimate of drug-likeness (QED) is 0.495. The van der Waals surface area contributed by atoms with Crippen molar-refractivity contribution in [2.75, 3.05) is 0 Å². The second kappa shape index (κ2) is 7.62. The van der Waals surface area contributed by atoms with Gasteiger partial charge in [0.05, 0.1) is 0 Å². The molecule has 0 bridgehead atoms. The van der Waals surface area contributed by atoms with Gasteiger partial charge in [-0.3, -0.25) is 4.79 Å². The Bertz CT molecular complexity index is 498. The van der Waals surface area contributed by atoms with E-state index in [2.05, 4.69) is 39.7 Å². The molecular weight excluding hydrogens is 272 g/mol. The van der Waals surface area contributed by atoms with Crippen LogP contribution in [0.2, 0.25) is 0 Å². The van der Waals surface area contributed by atoms with Gasteiger partial charge in [0.2, 0.25) is 0 Å². The third-order valence-electron chi connectivity index (χ3n) is 5.31. The standard InChI is InChI=1S/C20H30O2/c1-7-15(4)8-10-18-16(5)9-11-17(14(2)3)20(18,6)13-12-19(21)22/h7-8,17-18H,1-2,5,9-13H2,3-4,6H3,(H,21,22)/b15-8+/t17-,18-,20-/m1/s1. The van der Waals surface area contributed by atoms with Crippen molar-refractivity contribution < 1.29 is 9.90 Å². The van der Waals surface area contributed by atoms with Crippen molar-refractivity contribution in [2.24, 2.45) is 17.3 Å². The highest BCUT2D eigenvalue weighted by Gasteiger charge is 2.45. The van der Waals surface area contributed by atoms with Gasteiger partial charge in [0.1, 0.15) is 0 Å². The average molecular weight is 302 g/mol. The molecule has 3 atom stereocenters. The topological polar surface area (TPSA) is 37.3 Å². The Balaban J connectivity index is 3.13. The molecule has 0 radical (unpaired) electrons. The lowest BCUT2D eigenvalue weighted by molar-refractivity contribution is -0.138. The van der Waals surface area contributed by atoms with Crippen molar-refractivity contribution in [2.45, 2.75) is 52.9 Å². The summed E-state index contributed by atoms with van der Waals surface area (Å²) < 4.78 is 0. The molecule has 1 aliphatic rings. The number of allylic oxidation sites excluding steroid dienone is 5. The molecule has 0 aromatic heterocycles. The van der Waals surface area contributed by atoms with Crippen molar-refractivity contribution >= 4 is 5.97 Å². The summed E-state index contributed by atoms with van der Waals surface area (Å²) in [6.07, 6.45) is 7.87. The average Bonchev–Trinajstić information content (AvgIpc) is 2.44. The molecule has 1 aliphatic carbocycles. The van der Waals surface area contributed by atoms with E-state index in [1.54, 1.807) is 0 Å². The van der Waals surface area contributed by atoms with Gasteiger partial charge in [-0.05, 0) is 56.8 Å². The van der Waals surface area contributed by atoms with Crippen LogP contribution in [0, 0.1) is 17.3 Å². The second-order valence-electron chi connectivity index (χ2n) is 6.94. The van der Waals surface area contributed by atoms with Crippen LogP contribution in [0.1, 0.15) is 52.9 Å². The SMILES string of the molecule is C=C/C(C)=C/C[C@@H]1C(=C)CC[C@H](C(=C)C)[C@@]1(C)CCC(=O)O. The lowest BCUT2D eigenvalue weighted by Gasteiger charge is -2.49. The van der Waals surface area contributed by atoms with Gasteiger partial charge in [-0.2, -0.15) is 0 Å². The minimum atomic E-state index is -0.727. The molecule has 0 heterocycles. The zero-order valence-electron chi connectivity index (χ0n) is 14.3. The first-order chi connectivity index (χ1) is 10.2. The van der Waals surface area contributed by atoms with Crippen molar-refractivity contribution in [3.05, 3.63) is 48.6 Å². The van der Waals surface area contributed by atoms with E-state index in [1.807, 2.05) is 13.0 Å². The fraction of sp³-hybridized carbons (Fsp3) is 0.550. The Kier molecular flexibility index (Phi) is 6.40. The first-order valence-corrected chi connectivity index (χ1v) is 8.06. The van der Waals surface area contributed by atoms with Gasteiger partial charge in [0.15, 0.2) is 0 Å². The number of rotatable bonds is 7. The Hall–Kier alpha value is -1.57. The number of carboxylic acid groups (broad SMARTS) is 1. The number of carbonyl (C=O) groups is 1. The molecule has 2 nitrogen and oxygen atoms in total. The van der Waals surface area contributed by atoms with E-state index in [9.17, 15) is 4.79 Å². The fourth-order valence-corrected chi connectivity index (χ4v) is 3.90. The highest BCUT2D eigenvalue weighted by atomic mass is 16.4. The highest BCUT2D eigenvalue weighted by molar-refractivity contribution is 5.66. The van der Waals surface area contributed by atoms with Gasteiger partial charge >= 0.3 is 5.97 Å². The molecule has 0 saturated heterocycles. The molecule has 0 spiro atoms. The Morgan fingerprint density at radius 1 is 1.45 bits per heavy atom. The lowest BCUT2D eigenvalue weighted by atomic mass is 9.55. The van der Waals surface area contributed by atoms with Crippen LogP contribution in [0.15, 0.2) is 48.6 Å². The molecule has 0 aromatic carbocycles. The van der Waals surface area contributed by atoms with E-state index in [-0.39, 0.29) is 11.8 Å². The minimum absolute atomic E-state index is 0.0858. The van der Waals surface area contributed by atoms with Gasteiger partial charge in [-0.25, -0.2) is 0 Å². The zero-order valence-corrected chi connectivity index (χ0v) is 14.3. The number of carboxylic acids is 1. The van der Waals surface area contributed by atoms with Crippen LogP contribution >= 0.6 is 0 Å². The molecule has 0 amide bonds. The summed E-state index contributed by atoms with van der Waals surface area (Å²) >= 11 is 0. The van der Waals surface area contributed by atoms with Crippen LogP contribution in [0.4, 0.5) is 0 Å². The van der Waals surface area contributed by atoms with Crippen molar-refractivity contribution in [1.29, 1.82) is 0 Å². The zero-order chi connectivity index (χ0) is 16.9. The molecule has 0 unspecified atom stereocenters. The first-order valence-electron chi connectivity index (χ1n) is 8.06.